The summed E-state index contributed by atoms with van der Waals surface area (Å²) in [6, 6.07) is 11.7. The fourth-order valence-electron chi connectivity index (χ4n) is 3.33. The van der Waals surface area contributed by atoms with Gasteiger partial charge in [-0.25, -0.2) is 4.98 Å². The standard InChI is InChI=1S/C20H19ClN4OS/c1-25-11-13(15-10-14(21)3-5-17(15)25)6-7-23-19(26)9-12-2-4-16-18(8-12)27-20(22)24-16/h2-5,8,10-11H,6-7,9H2,1H3,(H2,22,24)(H,23,26). The van der Waals surface area contributed by atoms with Crippen molar-refractivity contribution in [1.82, 2.24) is 14.9 Å². The van der Waals surface area contributed by atoms with Gasteiger partial charge in [0.1, 0.15) is 0 Å². The van der Waals surface area contributed by atoms with Gasteiger partial charge in [-0.15, -0.1) is 0 Å². The monoisotopic (exact) mass is 398 g/mol. The van der Waals surface area contributed by atoms with Crippen LogP contribution < -0.4 is 11.1 Å². The third kappa shape index (κ3) is 3.77. The van der Waals surface area contributed by atoms with Crippen molar-refractivity contribution >= 4 is 55.1 Å². The highest BCUT2D eigenvalue weighted by Crippen LogP contribution is 2.25. The van der Waals surface area contributed by atoms with E-state index in [-0.39, 0.29) is 5.91 Å². The van der Waals surface area contributed by atoms with Crippen LogP contribution in [0, 0.1) is 0 Å². The molecule has 138 valence electrons. The molecule has 4 rings (SSSR count). The zero-order chi connectivity index (χ0) is 19.0. The number of benzene rings is 2. The van der Waals surface area contributed by atoms with Gasteiger partial charge in [-0.2, -0.15) is 0 Å². The average Bonchev–Trinajstić information content (AvgIpc) is 3.13. The summed E-state index contributed by atoms with van der Waals surface area (Å²) < 4.78 is 3.09. The molecule has 1 amide bonds. The van der Waals surface area contributed by atoms with Gasteiger partial charge in [0.15, 0.2) is 5.13 Å². The number of nitrogen functional groups attached to an aromatic ring is 1. The maximum Gasteiger partial charge on any atom is 0.224 e. The molecule has 0 aliphatic heterocycles. The highest BCUT2D eigenvalue weighted by molar-refractivity contribution is 7.22. The molecule has 0 saturated heterocycles. The number of amides is 1. The van der Waals surface area contributed by atoms with Crippen LogP contribution >= 0.6 is 22.9 Å². The Labute approximate surface area is 165 Å². The molecule has 0 unspecified atom stereocenters. The molecule has 2 aromatic carbocycles. The van der Waals surface area contributed by atoms with Crippen molar-refractivity contribution in [2.24, 2.45) is 7.05 Å². The van der Waals surface area contributed by atoms with Gasteiger partial charge in [0.25, 0.3) is 0 Å². The molecule has 0 aliphatic carbocycles. The van der Waals surface area contributed by atoms with E-state index in [2.05, 4.69) is 21.1 Å². The van der Waals surface area contributed by atoms with Crippen molar-refractivity contribution in [1.29, 1.82) is 0 Å². The van der Waals surface area contributed by atoms with Crippen LogP contribution in [0.3, 0.4) is 0 Å². The van der Waals surface area contributed by atoms with E-state index in [4.69, 9.17) is 17.3 Å². The summed E-state index contributed by atoms with van der Waals surface area (Å²) in [5, 5.41) is 5.40. The summed E-state index contributed by atoms with van der Waals surface area (Å²) in [6.45, 7) is 0.584. The zero-order valence-corrected chi connectivity index (χ0v) is 16.4. The van der Waals surface area contributed by atoms with E-state index in [1.54, 1.807) is 0 Å². The van der Waals surface area contributed by atoms with E-state index in [1.807, 2.05) is 43.4 Å². The van der Waals surface area contributed by atoms with Crippen LogP contribution in [-0.4, -0.2) is 22.0 Å². The quantitative estimate of drug-likeness (QED) is 0.535. The van der Waals surface area contributed by atoms with Gasteiger partial charge in [0.2, 0.25) is 5.91 Å². The maximum absolute atomic E-state index is 12.3. The summed E-state index contributed by atoms with van der Waals surface area (Å²) >= 11 is 7.56. The molecule has 27 heavy (non-hydrogen) atoms. The zero-order valence-electron chi connectivity index (χ0n) is 14.8. The fraction of sp³-hybridized carbons (Fsp3) is 0.200. The highest BCUT2D eigenvalue weighted by Gasteiger charge is 2.09. The van der Waals surface area contributed by atoms with Crippen molar-refractivity contribution in [3.8, 4) is 0 Å². The minimum Gasteiger partial charge on any atom is -0.375 e. The van der Waals surface area contributed by atoms with Crippen LogP contribution in [0.1, 0.15) is 11.1 Å². The van der Waals surface area contributed by atoms with Gasteiger partial charge < -0.3 is 15.6 Å². The molecule has 7 heteroatoms. The summed E-state index contributed by atoms with van der Waals surface area (Å²) in [6.07, 6.45) is 3.19. The summed E-state index contributed by atoms with van der Waals surface area (Å²) in [5.41, 5.74) is 9.88. The number of fused-ring (bicyclic) bond motifs is 2. The molecule has 0 radical (unpaired) electrons. The Balaban J connectivity index is 1.38. The Morgan fingerprint density at radius 2 is 2.15 bits per heavy atom. The van der Waals surface area contributed by atoms with E-state index in [9.17, 15) is 4.79 Å². The number of anilines is 1. The molecule has 0 aliphatic rings. The first kappa shape index (κ1) is 17.8. The lowest BCUT2D eigenvalue weighted by Crippen LogP contribution is -2.27. The van der Waals surface area contributed by atoms with Crippen LogP contribution in [0.2, 0.25) is 5.02 Å². The van der Waals surface area contributed by atoms with Gasteiger partial charge in [0, 0.05) is 35.7 Å². The molecule has 3 N–H and O–H groups in total. The number of hydrogen-bond donors (Lipinski definition) is 2. The molecule has 2 aromatic heterocycles. The van der Waals surface area contributed by atoms with Crippen LogP contribution in [-0.2, 0) is 24.7 Å². The van der Waals surface area contributed by atoms with Crippen molar-refractivity contribution < 1.29 is 4.79 Å². The van der Waals surface area contributed by atoms with Crippen molar-refractivity contribution in [2.75, 3.05) is 12.3 Å². The number of thiazole rings is 1. The number of rotatable bonds is 5. The third-order valence-electron chi connectivity index (χ3n) is 4.58. The molecule has 0 atom stereocenters. The topological polar surface area (TPSA) is 72.9 Å². The Kier molecular flexibility index (Phi) is 4.76. The second-order valence-electron chi connectivity index (χ2n) is 6.56. The molecule has 0 bridgehead atoms. The molecule has 0 saturated carbocycles. The number of carbonyl (C=O) groups is 1. The van der Waals surface area contributed by atoms with Gasteiger partial charge in [0.05, 0.1) is 16.6 Å². The molecule has 0 spiro atoms. The third-order valence-corrected chi connectivity index (χ3v) is 5.67. The van der Waals surface area contributed by atoms with E-state index < -0.39 is 0 Å². The lowest BCUT2D eigenvalue weighted by atomic mass is 10.1. The number of halogens is 1. The number of hydrogen-bond acceptors (Lipinski definition) is 4. The van der Waals surface area contributed by atoms with Crippen LogP contribution in [0.25, 0.3) is 21.1 Å². The number of aryl methyl sites for hydroxylation is 1. The van der Waals surface area contributed by atoms with E-state index in [1.165, 1.54) is 16.9 Å². The fourth-order valence-corrected chi connectivity index (χ4v) is 4.30. The Morgan fingerprint density at radius 1 is 1.30 bits per heavy atom. The van der Waals surface area contributed by atoms with Gasteiger partial charge in [-0.05, 0) is 47.9 Å². The molecular formula is C20H19ClN4OS. The summed E-state index contributed by atoms with van der Waals surface area (Å²) in [7, 11) is 2.01. The Bertz CT molecular complexity index is 1150. The maximum atomic E-state index is 12.3. The predicted octanol–water partition coefficient (Wildman–Crippen LogP) is 3.93. The van der Waals surface area contributed by atoms with E-state index in [0.29, 0.717) is 18.1 Å². The van der Waals surface area contributed by atoms with Crippen molar-refractivity contribution in [3.63, 3.8) is 0 Å². The highest BCUT2D eigenvalue weighted by atomic mass is 35.5. The number of nitrogens with one attached hydrogen (secondary N) is 1. The van der Waals surface area contributed by atoms with E-state index >= 15 is 0 Å². The van der Waals surface area contributed by atoms with Crippen LogP contribution in [0.4, 0.5) is 5.13 Å². The van der Waals surface area contributed by atoms with E-state index in [0.717, 1.165) is 38.1 Å². The minimum absolute atomic E-state index is 0.00473. The van der Waals surface area contributed by atoms with Gasteiger partial charge in [-0.3, -0.25) is 4.79 Å². The van der Waals surface area contributed by atoms with Crippen molar-refractivity contribution in [3.05, 3.63) is 58.7 Å². The largest absolute Gasteiger partial charge is 0.375 e. The summed E-state index contributed by atoms with van der Waals surface area (Å²) in [5.74, 6) is 0.00473. The van der Waals surface area contributed by atoms with Crippen molar-refractivity contribution in [2.45, 2.75) is 12.8 Å². The van der Waals surface area contributed by atoms with Gasteiger partial charge in [-0.1, -0.05) is 29.0 Å². The number of nitrogens with zero attached hydrogens (tertiary/aromatic N) is 2. The lowest BCUT2D eigenvalue weighted by molar-refractivity contribution is -0.120. The average molecular weight is 399 g/mol. The number of carbonyl (C=O) groups excluding carboxylic acids is 1. The first-order valence-electron chi connectivity index (χ1n) is 8.65. The Morgan fingerprint density at radius 3 is 3.00 bits per heavy atom. The first-order valence-corrected chi connectivity index (χ1v) is 9.84. The van der Waals surface area contributed by atoms with Crippen LogP contribution in [0.15, 0.2) is 42.6 Å². The van der Waals surface area contributed by atoms with Gasteiger partial charge >= 0.3 is 0 Å². The second kappa shape index (κ2) is 7.21. The molecule has 4 aromatic rings. The summed E-state index contributed by atoms with van der Waals surface area (Å²) in [4.78, 5) is 16.5. The molecule has 0 fully saturated rings. The molecule has 2 heterocycles. The number of aromatic nitrogens is 2. The molecule has 5 nitrogen and oxygen atoms in total. The SMILES string of the molecule is Cn1cc(CCNC(=O)Cc2ccc3nc(N)sc3c2)c2cc(Cl)ccc21. The lowest BCUT2D eigenvalue weighted by Gasteiger charge is -2.05. The van der Waals surface area contributed by atoms with Crippen LogP contribution in [0.5, 0.6) is 0 Å². The second-order valence-corrected chi connectivity index (χ2v) is 8.06. The first-order chi connectivity index (χ1) is 13.0. The predicted molar refractivity (Wildman–Crippen MR) is 112 cm³/mol. The Hall–Kier alpha value is -2.57. The smallest absolute Gasteiger partial charge is 0.224 e. The number of nitrogens with two attached hydrogens (primary N) is 1. The minimum atomic E-state index is 0.00473. The molecular weight excluding hydrogens is 380 g/mol. The normalized spacial score (nSPS) is 11.3.